The van der Waals surface area contributed by atoms with Gasteiger partial charge in [0.05, 0.1) is 8.07 Å². The summed E-state index contributed by atoms with van der Waals surface area (Å²) in [5.74, 6) is 0. The van der Waals surface area contributed by atoms with Crippen LogP contribution >= 0.6 is 0 Å². The molecule has 0 amide bonds. The van der Waals surface area contributed by atoms with Crippen molar-refractivity contribution >= 4 is 13.3 Å². The summed E-state index contributed by atoms with van der Waals surface area (Å²) in [7, 11) is -1.34. The first-order valence-corrected chi connectivity index (χ1v) is 17.5. The Balaban J connectivity index is 0.000000220. The molecule has 1 aliphatic carbocycles. The van der Waals surface area contributed by atoms with Gasteiger partial charge in [-0.1, -0.05) is 98.5 Å². The Morgan fingerprint density at radius 2 is 0.951 bits per heavy atom. The SMILES string of the molecule is C[Si](C)(C[c-]1ccc2c1CCCC2)c1ccccc1.[CH2-]c1ccccc1.[CH2-]c1ccccc1.[CH2-]c1ccccc1.[Ti+4]. The molecule has 0 aromatic heterocycles. The topological polar surface area (TPSA) is 0 Å². The Hall–Kier alpha value is -3.23. The van der Waals surface area contributed by atoms with Crippen molar-refractivity contribution in [1.29, 1.82) is 0 Å². The van der Waals surface area contributed by atoms with Crippen molar-refractivity contribution in [2.24, 2.45) is 0 Å². The van der Waals surface area contributed by atoms with Gasteiger partial charge in [-0.15, -0.1) is 36.4 Å². The van der Waals surface area contributed by atoms with Gasteiger partial charge in [0.1, 0.15) is 0 Å². The van der Waals surface area contributed by atoms with Crippen LogP contribution in [-0.4, -0.2) is 8.07 Å². The molecule has 0 heterocycles. The Morgan fingerprint density at radius 3 is 1.34 bits per heavy atom. The molecular weight excluding hydrogens is 544 g/mol. The van der Waals surface area contributed by atoms with Crippen LogP contribution in [-0.2, 0) is 40.6 Å². The summed E-state index contributed by atoms with van der Waals surface area (Å²) in [5, 5.41) is 1.58. The molecule has 41 heavy (non-hydrogen) atoms. The van der Waals surface area contributed by atoms with Crippen molar-refractivity contribution < 1.29 is 21.7 Å². The summed E-state index contributed by atoms with van der Waals surface area (Å²) in [5.41, 5.74) is 8.20. The van der Waals surface area contributed by atoms with Crippen molar-refractivity contribution in [3.05, 3.63) is 188 Å². The number of rotatable bonds is 3. The Kier molecular flexibility index (Phi) is 15.1. The maximum atomic E-state index is 3.72. The maximum absolute atomic E-state index is 3.72. The van der Waals surface area contributed by atoms with Crippen LogP contribution in [0.15, 0.2) is 133 Å². The summed E-state index contributed by atoms with van der Waals surface area (Å²) in [6.45, 7) is 16.2. The fourth-order valence-corrected chi connectivity index (χ4v) is 7.43. The third-order valence-corrected chi connectivity index (χ3v) is 10.3. The van der Waals surface area contributed by atoms with Gasteiger partial charge in [-0.2, -0.15) is 96.6 Å². The molecule has 0 saturated carbocycles. The van der Waals surface area contributed by atoms with Gasteiger partial charge < -0.3 is 0 Å². The van der Waals surface area contributed by atoms with Crippen molar-refractivity contribution in [3.63, 3.8) is 0 Å². The summed E-state index contributed by atoms with van der Waals surface area (Å²) in [6.07, 6.45) is 5.40. The number of aryl methyl sites for hydroxylation is 1. The third-order valence-electron chi connectivity index (χ3n) is 7.10. The van der Waals surface area contributed by atoms with Crippen molar-refractivity contribution in [2.75, 3.05) is 0 Å². The fraction of sp³-hybridized carbons (Fsp3) is 0.179. The monoisotopic (exact) mass is 588 g/mol. The van der Waals surface area contributed by atoms with Crippen LogP contribution in [0.4, 0.5) is 0 Å². The number of fused-ring (bicyclic) bond motifs is 1. The van der Waals surface area contributed by atoms with Gasteiger partial charge in [0.25, 0.3) is 0 Å². The maximum Gasteiger partial charge on any atom is 4.00 e. The van der Waals surface area contributed by atoms with Crippen LogP contribution in [0, 0.1) is 20.8 Å². The van der Waals surface area contributed by atoms with Crippen LogP contribution in [0.25, 0.3) is 0 Å². The van der Waals surface area contributed by atoms with Gasteiger partial charge in [0.2, 0.25) is 0 Å². The second-order valence-electron chi connectivity index (χ2n) is 11.0. The summed E-state index contributed by atoms with van der Waals surface area (Å²) in [6, 6.07) is 46.9. The minimum atomic E-state index is -1.34. The second kappa shape index (κ2) is 18.3. The van der Waals surface area contributed by atoms with E-state index in [1.54, 1.807) is 21.9 Å². The molecule has 0 fully saturated rings. The van der Waals surface area contributed by atoms with Gasteiger partial charge in [0.15, 0.2) is 0 Å². The molecule has 208 valence electrons. The second-order valence-corrected chi connectivity index (χ2v) is 15.7. The summed E-state index contributed by atoms with van der Waals surface area (Å²) < 4.78 is 0. The first-order valence-electron chi connectivity index (χ1n) is 14.3. The van der Waals surface area contributed by atoms with Gasteiger partial charge in [-0.05, 0) is 0 Å². The van der Waals surface area contributed by atoms with E-state index < -0.39 is 8.07 Å². The molecule has 0 unspecified atom stereocenters. The van der Waals surface area contributed by atoms with Gasteiger partial charge in [-0.25, -0.2) is 6.07 Å². The van der Waals surface area contributed by atoms with Crippen LogP contribution in [0.1, 0.15) is 46.2 Å². The van der Waals surface area contributed by atoms with E-state index in [4.69, 9.17) is 0 Å². The molecule has 2 heteroatoms. The number of hydrogen-bond acceptors (Lipinski definition) is 0. The predicted octanol–water partition coefficient (Wildman–Crippen LogP) is 9.59. The van der Waals surface area contributed by atoms with E-state index in [1.165, 1.54) is 31.7 Å². The number of hydrogen-bond donors (Lipinski definition) is 0. The molecular formula is C39H44SiTi. The van der Waals surface area contributed by atoms with E-state index in [1.807, 2.05) is 91.0 Å². The minimum Gasteiger partial charge on any atom is -0.210 e. The predicted molar refractivity (Wildman–Crippen MR) is 179 cm³/mol. The molecule has 5 aromatic carbocycles. The fourth-order valence-electron chi connectivity index (χ4n) is 4.85. The first-order chi connectivity index (χ1) is 19.3. The van der Waals surface area contributed by atoms with Crippen LogP contribution in [0.3, 0.4) is 0 Å². The van der Waals surface area contributed by atoms with Crippen LogP contribution in [0.2, 0.25) is 13.1 Å². The van der Waals surface area contributed by atoms with E-state index in [2.05, 4.69) is 76.3 Å². The molecule has 0 N–H and O–H groups in total. The average Bonchev–Trinajstić information content (AvgIpc) is 3.38. The van der Waals surface area contributed by atoms with Gasteiger partial charge in [-0.3, -0.25) is 0 Å². The zero-order valence-corrected chi connectivity index (χ0v) is 27.4. The molecule has 6 rings (SSSR count). The van der Waals surface area contributed by atoms with E-state index in [9.17, 15) is 0 Å². The first kappa shape index (κ1) is 34.0. The minimum absolute atomic E-state index is 0. The molecule has 0 radical (unpaired) electrons. The van der Waals surface area contributed by atoms with E-state index in [0.717, 1.165) is 16.7 Å². The van der Waals surface area contributed by atoms with Gasteiger partial charge >= 0.3 is 21.7 Å². The van der Waals surface area contributed by atoms with Gasteiger partial charge in [0, 0.05) is 0 Å². The summed E-state index contributed by atoms with van der Waals surface area (Å²) in [4.78, 5) is 0. The number of benzene rings is 4. The molecule has 0 bridgehead atoms. The quantitative estimate of drug-likeness (QED) is 0.145. The van der Waals surface area contributed by atoms with Crippen LogP contribution in [0.5, 0.6) is 0 Å². The van der Waals surface area contributed by atoms with Crippen LogP contribution < -0.4 is 5.19 Å². The van der Waals surface area contributed by atoms with E-state index in [0.29, 0.717) is 0 Å². The van der Waals surface area contributed by atoms with Crippen molar-refractivity contribution in [3.8, 4) is 0 Å². The molecule has 0 nitrogen and oxygen atoms in total. The third kappa shape index (κ3) is 12.4. The van der Waals surface area contributed by atoms with E-state index >= 15 is 0 Å². The molecule has 5 aromatic rings. The average molecular weight is 589 g/mol. The Labute approximate surface area is 266 Å². The molecule has 0 saturated heterocycles. The molecule has 0 aliphatic heterocycles. The standard InChI is InChI=1S/C18H23Si.3C7H7.Ti/c1-19(2,17-9-4-3-5-10-17)14-16-13-12-15-8-6-7-11-18(15)16;3*1-7-5-3-2-4-6-7;/h3-5,9-10,12-13H,6-8,11,14H2,1-2H3;3*2-6H,1H2;/q4*-1;+4. The van der Waals surface area contributed by atoms with E-state index in [-0.39, 0.29) is 21.7 Å². The smallest absolute Gasteiger partial charge is 0.210 e. The molecule has 0 atom stereocenters. The Morgan fingerprint density at radius 1 is 0.561 bits per heavy atom. The molecule has 1 aliphatic rings. The van der Waals surface area contributed by atoms with Crippen molar-refractivity contribution in [2.45, 2.75) is 44.8 Å². The zero-order chi connectivity index (χ0) is 28.6. The largest absolute Gasteiger partial charge is 4.00 e. The summed E-state index contributed by atoms with van der Waals surface area (Å²) >= 11 is 0. The van der Waals surface area contributed by atoms with Crippen molar-refractivity contribution in [1.82, 2.24) is 0 Å². The Bertz CT molecular complexity index is 1250. The zero-order valence-electron chi connectivity index (χ0n) is 24.9. The molecule has 0 spiro atoms. The normalized spacial score (nSPS) is 11.5.